The van der Waals surface area contributed by atoms with Crippen LogP contribution in [0.2, 0.25) is 0 Å². The van der Waals surface area contributed by atoms with E-state index in [1.54, 1.807) is 0 Å². The standard InChI is InChI=1S/C5H4Cl3NO/c6-5(7,8)2-1-3-9-4-10/h4H,2H2,(H,9,10). The van der Waals surface area contributed by atoms with Crippen LogP contribution in [-0.4, -0.2) is 10.2 Å². The Labute approximate surface area is 73.8 Å². The SMILES string of the molecule is O=CNC#CCC(Cl)(Cl)Cl. The van der Waals surface area contributed by atoms with E-state index in [0.29, 0.717) is 6.41 Å². The molecule has 0 fully saturated rings. The average Bonchev–Trinajstić information content (AvgIpc) is 1.78. The molecule has 56 valence electrons. The highest BCUT2D eigenvalue weighted by molar-refractivity contribution is 6.67. The lowest BCUT2D eigenvalue weighted by atomic mass is 10.5. The van der Waals surface area contributed by atoms with Crippen molar-refractivity contribution in [2.45, 2.75) is 10.2 Å². The van der Waals surface area contributed by atoms with Gasteiger partial charge in [0, 0.05) is 6.04 Å². The zero-order valence-corrected chi connectivity index (χ0v) is 7.09. The second-order valence-corrected chi connectivity index (χ2v) is 3.87. The van der Waals surface area contributed by atoms with Gasteiger partial charge in [0.25, 0.3) is 0 Å². The maximum absolute atomic E-state index is 9.62. The van der Waals surface area contributed by atoms with Crippen LogP contribution < -0.4 is 5.32 Å². The summed E-state index contributed by atoms with van der Waals surface area (Å²) in [5, 5.41) is 2.10. The van der Waals surface area contributed by atoms with Gasteiger partial charge in [0.2, 0.25) is 10.2 Å². The number of rotatable bonds is 1. The third kappa shape index (κ3) is 7.90. The van der Waals surface area contributed by atoms with Crippen LogP contribution in [0.4, 0.5) is 0 Å². The van der Waals surface area contributed by atoms with E-state index in [-0.39, 0.29) is 6.42 Å². The summed E-state index contributed by atoms with van der Waals surface area (Å²) < 4.78 is -1.36. The maximum atomic E-state index is 9.62. The molecule has 0 atom stereocenters. The van der Waals surface area contributed by atoms with E-state index in [4.69, 9.17) is 34.8 Å². The second-order valence-electron chi connectivity index (χ2n) is 1.36. The fourth-order valence-corrected chi connectivity index (χ4v) is 0.425. The summed E-state index contributed by atoms with van der Waals surface area (Å²) in [6.07, 6.45) is 0.546. The Morgan fingerprint density at radius 1 is 1.50 bits per heavy atom. The molecule has 0 spiro atoms. The van der Waals surface area contributed by atoms with Crippen molar-refractivity contribution >= 4 is 41.2 Å². The molecule has 0 saturated carbocycles. The molecule has 0 bridgehead atoms. The number of halogens is 3. The van der Waals surface area contributed by atoms with E-state index >= 15 is 0 Å². The quantitative estimate of drug-likeness (QED) is 0.295. The fraction of sp³-hybridized carbons (Fsp3) is 0.400. The van der Waals surface area contributed by atoms with Crippen molar-refractivity contribution in [3.8, 4) is 12.0 Å². The lowest BCUT2D eigenvalue weighted by molar-refractivity contribution is -0.108. The Morgan fingerprint density at radius 3 is 2.50 bits per heavy atom. The largest absolute Gasteiger partial charge is 0.288 e. The molecule has 0 aliphatic heterocycles. The zero-order chi connectivity index (χ0) is 8.04. The van der Waals surface area contributed by atoms with E-state index < -0.39 is 3.79 Å². The Bertz CT molecular complexity index is 164. The molecule has 0 aliphatic rings. The molecule has 5 heteroatoms. The van der Waals surface area contributed by atoms with Crippen molar-refractivity contribution in [1.29, 1.82) is 0 Å². The third-order valence-electron chi connectivity index (χ3n) is 0.508. The monoisotopic (exact) mass is 199 g/mol. The van der Waals surface area contributed by atoms with Gasteiger partial charge in [-0.05, 0) is 0 Å². The van der Waals surface area contributed by atoms with E-state index in [0.717, 1.165) is 0 Å². The molecular formula is C5H4Cl3NO. The van der Waals surface area contributed by atoms with Crippen LogP contribution in [-0.2, 0) is 4.79 Å². The molecule has 0 rings (SSSR count). The highest BCUT2D eigenvalue weighted by Gasteiger charge is 2.16. The molecule has 0 saturated heterocycles. The van der Waals surface area contributed by atoms with Crippen LogP contribution in [0.15, 0.2) is 0 Å². The highest BCUT2D eigenvalue weighted by Crippen LogP contribution is 2.28. The van der Waals surface area contributed by atoms with Crippen molar-refractivity contribution in [3.05, 3.63) is 0 Å². The fourth-order valence-electron chi connectivity index (χ4n) is 0.225. The lowest BCUT2D eigenvalue weighted by Crippen LogP contribution is -2.02. The second kappa shape index (κ2) is 4.68. The first-order valence-corrected chi connectivity index (χ1v) is 3.43. The van der Waals surface area contributed by atoms with E-state index in [1.165, 1.54) is 0 Å². The Kier molecular flexibility index (Phi) is 4.63. The summed E-state index contributed by atoms with van der Waals surface area (Å²) >= 11 is 16.0. The summed E-state index contributed by atoms with van der Waals surface area (Å²) in [6, 6.07) is 2.27. The molecule has 0 unspecified atom stereocenters. The van der Waals surface area contributed by atoms with Crippen molar-refractivity contribution in [2.75, 3.05) is 0 Å². The predicted octanol–water partition coefficient (Wildman–Crippen LogP) is 1.45. The van der Waals surface area contributed by atoms with Gasteiger partial charge in [-0.1, -0.05) is 40.7 Å². The molecule has 0 heterocycles. The van der Waals surface area contributed by atoms with Crippen LogP contribution in [0.5, 0.6) is 0 Å². The van der Waals surface area contributed by atoms with E-state index in [1.807, 2.05) is 0 Å². The molecule has 0 aromatic rings. The Morgan fingerprint density at radius 2 is 2.10 bits per heavy atom. The van der Waals surface area contributed by atoms with Crippen molar-refractivity contribution < 1.29 is 4.79 Å². The maximum Gasteiger partial charge on any atom is 0.218 e. The van der Waals surface area contributed by atoms with Crippen LogP contribution in [0.3, 0.4) is 0 Å². The normalized spacial score (nSPS) is 9.50. The minimum Gasteiger partial charge on any atom is -0.288 e. The van der Waals surface area contributed by atoms with Gasteiger partial charge < -0.3 is 0 Å². The number of hydrogen-bond acceptors (Lipinski definition) is 1. The number of carbonyl (C=O) groups excluding carboxylic acids is 1. The topological polar surface area (TPSA) is 29.1 Å². The lowest BCUT2D eigenvalue weighted by Gasteiger charge is -2.02. The summed E-state index contributed by atoms with van der Waals surface area (Å²) in [6.45, 7) is 0. The minimum atomic E-state index is -1.36. The van der Waals surface area contributed by atoms with Crippen LogP contribution in [0.25, 0.3) is 0 Å². The summed E-state index contributed by atoms with van der Waals surface area (Å²) in [4.78, 5) is 9.62. The first kappa shape index (κ1) is 9.90. The molecule has 0 aliphatic carbocycles. The van der Waals surface area contributed by atoms with E-state index in [9.17, 15) is 4.79 Å². The summed E-state index contributed by atoms with van der Waals surface area (Å²) in [5.41, 5.74) is 0. The van der Waals surface area contributed by atoms with Crippen molar-refractivity contribution in [3.63, 3.8) is 0 Å². The highest BCUT2D eigenvalue weighted by atomic mass is 35.6. The van der Waals surface area contributed by atoms with Crippen molar-refractivity contribution in [2.24, 2.45) is 0 Å². The number of alkyl halides is 3. The summed E-state index contributed by atoms with van der Waals surface area (Å²) in [5.74, 6) is 2.44. The van der Waals surface area contributed by atoms with Gasteiger partial charge >= 0.3 is 0 Å². The number of hydrogen-bond donors (Lipinski definition) is 1. The molecule has 10 heavy (non-hydrogen) atoms. The molecule has 0 radical (unpaired) electrons. The van der Waals surface area contributed by atoms with Gasteiger partial charge in [-0.2, -0.15) is 0 Å². The van der Waals surface area contributed by atoms with Crippen LogP contribution in [0.1, 0.15) is 6.42 Å². The minimum absolute atomic E-state index is 0.0957. The van der Waals surface area contributed by atoms with Crippen molar-refractivity contribution in [1.82, 2.24) is 5.32 Å². The number of amides is 1. The Hall–Kier alpha value is -0.100. The number of nitrogens with one attached hydrogen (secondary N) is 1. The van der Waals surface area contributed by atoms with E-state index in [2.05, 4.69) is 17.3 Å². The zero-order valence-electron chi connectivity index (χ0n) is 4.83. The number of carbonyl (C=O) groups is 1. The Balaban J connectivity index is 3.55. The van der Waals surface area contributed by atoms with Gasteiger partial charge in [-0.15, -0.1) is 0 Å². The summed E-state index contributed by atoms with van der Waals surface area (Å²) in [7, 11) is 0. The molecule has 2 nitrogen and oxygen atoms in total. The predicted molar refractivity (Wildman–Crippen MR) is 41.9 cm³/mol. The molecular weight excluding hydrogens is 196 g/mol. The van der Waals surface area contributed by atoms with Crippen LogP contribution in [0, 0.1) is 12.0 Å². The molecule has 0 aromatic carbocycles. The first-order chi connectivity index (χ1) is 4.56. The van der Waals surface area contributed by atoms with Gasteiger partial charge in [0.1, 0.15) is 0 Å². The van der Waals surface area contributed by atoms with Gasteiger partial charge in [0.15, 0.2) is 0 Å². The van der Waals surface area contributed by atoms with Crippen LogP contribution >= 0.6 is 34.8 Å². The smallest absolute Gasteiger partial charge is 0.218 e. The van der Waals surface area contributed by atoms with Gasteiger partial charge in [0.05, 0.1) is 6.42 Å². The molecule has 1 amide bonds. The molecule has 0 aromatic heterocycles. The molecule has 1 N–H and O–H groups in total. The average molecular weight is 200 g/mol. The first-order valence-electron chi connectivity index (χ1n) is 2.30. The van der Waals surface area contributed by atoms with Gasteiger partial charge in [-0.25, -0.2) is 0 Å². The van der Waals surface area contributed by atoms with Gasteiger partial charge in [-0.3, -0.25) is 10.1 Å². The third-order valence-corrected chi connectivity index (χ3v) is 0.909.